The van der Waals surface area contributed by atoms with E-state index in [-0.39, 0.29) is 24.9 Å². The first kappa shape index (κ1) is 25.8. The molecule has 2 aromatic carbocycles. The maximum atomic E-state index is 12.3. The van der Waals surface area contributed by atoms with Crippen molar-refractivity contribution < 1.29 is 9.59 Å². The van der Waals surface area contributed by atoms with Gasteiger partial charge in [-0.1, -0.05) is 95.5 Å². The first-order chi connectivity index (χ1) is 15.1. The lowest BCUT2D eigenvalue weighted by atomic mass is 9.80. The van der Waals surface area contributed by atoms with Gasteiger partial charge in [-0.05, 0) is 61.3 Å². The van der Waals surface area contributed by atoms with Gasteiger partial charge in [-0.2, -0.15) is 0 Å². The van der Waals surface area contributed by atoms with Crippen molar-refractivity contribution >= 4 is 11.6 Å². The molecule has 32 heavy (non-hydrogen) atoms. The quantitative estimate of drug-likeness (QED) is 0.270. The molecule has 1 unspecified atom stereocenters. The minimum Gasteiger partial charge on any atom is -0.294 e. The molecule has 2 aliphatic rings. The summed E-state index contributed by atoms with van der Waals surface area (Å²) in [6.07, 6.45) is 13.7. The zero-order valence-corrected chi connectivity index (χ0v) is 18.9. The Hall–Kier alpha value is -2.48. The highest BCUT2D eigenvalue weighted by molar-refractivity contribution is 6.06. The van der Waals surface area contributed by atoms with Crippen molar-refractivity contribution in [3.05, 3.63) is 83.4 Å². The van der Waals surface area contributed by atoms with Crippen LogP contribution in [-0.4, -0.2) is 11.6 Å². The standard InChI is InChI=1S/C16H18O2.C13H18.CH4/c1-3-5-11-6-7-12-10-13(15(17)4-2)8-9-14(12)16(11)18;1-2-5-9-12(8-4-1)13-10-6-3-7-11-13;/h4,8-11H,2-3,5-7H2,1H3;3,6-7,10-12H,1-2,4-5,8-9H2;1H4. The topological polar surface area (TPSA) is 34.1 Å². The lowest BCUT2D eigenvalue weighted by Crippen LogP contribution is -2.22. The molecular formula is C30H40O2. The number of fused-ring (bicyclic) bond motifs is 1. The molecule has 0 aliphatic heterocycles. The van der Waals surface area contributed by atoms with E-state index in [0.29, 0.717) is 5.56 Å². The number of hydrogen-bond donors (Lipinski definition) is 0. The second-order valence-electron chi connectivity index (χ2n) is 8.93. The van der Waals surface area contributed by atoms with Gasteiger partial charge in [0.05, 0.1) is 0 Å². The van der Waals surface area contributed by atoms with E-state index in [1.54, 1.807) is 17.7 Å². The summed E-state index contributed by atoms with van der Waals surface area (Å²) in [6.45, 7) is 5.59. The van der Waals surface area contributed by atoms with E-state index in [0.717, 1.165) is 42.7 Å². The second-order valence-corrected chi connectivity index (χ2v) is 8.93. The molecule has 2 aromatic rings. The maximum absolute atomic E-state index is 12.3. The summed E-state index contributed by atoms with van der Waals surface area (Å²) in [4.78, 5) is 23.8. The van der Waals surface area contributed by atoms with Gasteiger partial charge in [-0.3, -0.25) is 9.59 Å². The summed E-state index contributed by atoms with van der Waals surface area (Å²) in [5, 5.41) is 0. The number of benzene rings is 2. The van der Waals surface area contributed by atoms with Crippen molar-refractivity contribution in [2.75, 3.05) is 0 Å². The van der Waals surface area contributed by atoms with Gasteiger partial charge in [0, 0.05) is 17.0 Å². The van der Waals surface area contributed by atoms with E-state index >= 15 is 0 Å². The van der Waals surface area contributed by atoms with Crippen molar-refractivity contribution in [1.82, 2.24) is 0 Å². The molecule has 2 nitrogen and oxygen atoms in total. The Balaban J connectivity index is 0.000000230. The summed E-state index contributed by atoms with van der Waals surface area (Å²) in [5.41, 5.74) is 4.01. The highest BCUT2D eigenvalue weighted by atomic mass is 16.1. The average molecular weight is 433 g/mol. The molecule has 4 rings (SSSR count). The molecule has 1 saturated carbocycles. The first-order valence-corrected chi connectivity index (χ1v) is 12.0. The molecule has 0 spiro atoms. The summed E-state index contributed by atoms with van der Waals surface area (Å²) in [7, 11) is 0. The molecule has 1 atom stereocenters. The van der Waals surface area contributed by atoms with Crippen molar-refractivity contribution in [1.29, 1.82) is 0 Å². The van der Waals surface area contributed by atoms with Crippen LogP contribution in [0.5, 0.6) is 0 Å². The van der Waals surface area contributed by atoms with E-state index < -0.39 is 0 Å². The number of allylic oxidation sites excluding steroid dienone is 1. The van der Waals surface area contributed by atoms with Gasteiger partial charge >= 0.3 is 0 Å². The van der Waals surface area contributed by atoms with Crippen LogP contribution in [0.4, 0.5) is 0 Å². The van der Waals surface area contributed by atoms with Crippen molar-refractivity contribution in [3.8, 4) is 0 Å². The molecule has 2 heteroatoms. The Morgan fingerprint density at radius 2 is 1.69 bits per heavy atom. The summed E-state index contributed by atoms with van der Waals surface area (Å²) < 4.78 is 0. The number of rotatable bonds is 5. The smallest absolute Gasteiger partial charge is 0.185 e. The van der Waals surface area contributed by atoms with Crippen LogP contribution in [0.25, 0.3) is 0 Å². The molecule has 2 aliphatic carbocycles. The average Bonchev–Trinajstić information content (AvgIpc) is 3.11. The Morgan fingerprint density at radius 1 is 1.00 bits per heavy atom. The van der Waals surface area contributed by atoms with Crippen LogP contribution in [0.15, 0.2) is 61.2 Å². The fourth-order valence-corrected chi connectivity index (χ4v) is 4.95. The van der Waals surface area contributed by atoms with Gasteiger partial charge in [-0.15, -0.1) is 0 Å². The first-order valence-electron chi connectivity index (χ1n) is 12.0. The van der Waals surface area contributed by atoms with Gasteiger partial charge < -0.3 is 0 Å². The van der Waals surface area contributed by atoms with Gasteiger partial charge in [0.15, 0.2) is 11.6 Å². The molecule has 0 N–H and O–H groups in total. The lowest BCUT2D eigenvalue weighted by molar-refractivity contribution is 0.0893. The fourth-order valence-electron chi connectivity index (χ4n) is 4.95. The number of ketones is 2. The minimum atomic E-state index is -0.0825. The normalized spacial score (nSPS) is 18.3. The lowest BCUT2D eigenvalue weighted by Gasteiger charge is -2.23. The van der Waals surface area contributed by atoms with Crippen LogP contribution in [0.2, 0.25) is 0 Å². The van der Waals surface area contributed by atoms with E-state index in [1.807, 2.05) is 6.07 Å². The predicted molar refractivity (Wildman–Crippen MR) is 136 cm³/mol. The van der Waals surface area contributed by atoms with Crippen molar-refractivity contribution in [3.63, 3.8) is 0 Å². The molecule has 0 saturated heterocycles. The third-order valence-corrected chi connectivity index (χ3v) is 6.74. The number of Topliss-reactive ketones (excluding diaryl/α,β-unsaturated/α-hetero) is 1. The molecule has 0 radical (unpaired) electrons. The van der Waals surface area contributed by atoms with E-state index in [4.69, 9.17) is 0 Å². The van der Waals surface area contributed by atoms with Gasteiger partial charge in [-0.25, -0.2) is 0 Å². The van der Waals surface area contributed by atoms with Crippen LogP contribution >= 0.6 is 0 Å². The molecule has 0 amide bonds. The Labute approximate surface area is 195 Å². The van der Waals surface area contributed by atoms with Crippen LogP contribution in [0.1, 0.15) is 110 Å². The van der Waals surface area contributed by atoms with Crippen LogP contribution in [0.3, 0.4) is 0 Å². The third kappa shape index (κ3) is 6.76. The highest BCUT2D eigenvalue weighted by Crippen LogP contribution is 2.31. The third-order valence-electron chi connectivity index (χ3n) is 6.74. The monoisotopic (exact) mass is 432 g/mol. The van der Waals surface area contributed by atoms with Crippen molar-refractivity contribution in [2.45, 2.75) is 84.5 Å². The van der Waals surface area contributed by atoms with Gasteiger partial charge in [0.25, 0.3) is 0 Å². The predicted octanol–water partition coefficient (Wildman–Crippen LogP) is 8.36. The number of carbonyl (C=O) groups excluding carboxylic acids is 2. The SMILES string of the molecule is C.C=CC(=O)c1ccc2c(c1)CCC(CCC)C2=O.c1ccc(C2CCCCCC2)cc1. The van der Waals surface area contributed by atoms with E-state index in [1.165, 1.54) is 44.6 Å². The molecular weight excluding hydrogens is 392 g/mol. The molecule has 0 bridgehead atoms. The second kappa shape index (κ2) is 13.2. The molecule has 1 fully saturated rings. The minimum absolute atomic E-state index is 0. The van der Waals surface area contributed by atoms with E-state index in [2.05, 4.69) is 43.8 Å². The fraction of sp³-hybridized carbons (Fsp3) is 0.467. The number of aryl methyl sites for hydroxylation is 1. The zero-order valence-electron chi connectivity index (χ0n) is 18.9. The molecule has 172 valence electrons. The summed E-state index contributed by atoms with van der Waals surface area (Å²) >= 11 is 0. The van der Waals surface area contributed by atoms with Gasteiger partial charge in [0.1, 0.15) is 0 Å². The highest BCUT2D eigenvalue weighted by Gasteiger charge is 2.26. The summed E-state index contributed by atoms with van der Waals surface area (Å²) in [6, 6.07) is 16.4. The van der Waals surface area contributed by atoms with Crippen LogP contribution in [-0.2, 0) is 6.42 Å². The van der Waals surface area contributed by atoms with Gasteiger partial charge in [0.2, 0.25) is 0 Å². The van der Waals surface area contributed by atoms with Crippen molar-refractivity contribution in [2.24, 2.45) is 5.92 Å². The summed E-state index contributed by atoms with van der Waals surface area (Å²) in [5.74, 6) is 1.18. The van der Waals surface area contributed by atoms with E-state index in [9.17, 15) is 9.59 Å². The largest absolute Gasteiger partial charge is 0.294 e. The molecule has 0 heterocycles. The van der Waals surface area contributed by atoms with Crippen LogP contribution in [0, 0.1) is 5.92 Å². The number of hydrogen-bond acceptors (Lipinski definition) is 2. The Kier molecular flexibility index (Phi) is 10.6. The Morgan fingerprint density at radius 3 is 2.31 bits per heavy atom. The van der Waals surface area contributed by atoms with Crippen LogP contribution < -0.4 is 0 Å². The zero-order chi connectivity index (χ0) is 22.1. The number of carbonyl (C=O) groups is 2. The molecule has 0 aromatic heterocycles. The maximum Gasteiger partial charge on any atom is 0.185 e. The Bertz CT molecular complexity index is 873.